The third-order valence-electron chi connectivity index (χ3n) is 14.5. The van der Waals surface area contributed by atoms with Crippen molar-refractivity contribution in [2.24, 2.45) is 0 Å². The number of thiophene rings is 1. The summed E-state index contributed by atoms with van der Waals surface area (Å²) in [5, 5.41) is 4.92. The van der Waals surface area contributed by atoms with Gasteiger partial charge in [0.1, 0.15) is 5.58 Å². The van der Waals surface area contributed by atoms with Gasteiger partial charge in [0.25, 0.3) is 0 Å². The molecule has 62 heavy (non-hydrogen) atoms. The predicted molar refractivity (Wildman–Crippen MR) is 264 cm³/mol. The van der Waals surface area contributed by atoms with Crippen LogP contribution in [0.4, 0.5) is 17.1 Å². The summed E-state index contributed by atoms with van der Waals surface area (Å²) < 4.78 is 12.7. The van der Waals surface area contributed by atoms with Crippen molar-refractivity contribution in [2.45, 2.75) is 45.4 Å². The van der Waals surface area contributed by atoms with E-state index in [0.717, 1.165) is 33.3 Å². The van der Waals surface area contributed by atoms with Crippen LogP contribution in [0.15, 0.2) is 162 Å². The molecule has 5 heterocycles. The topological polar surface area (TPSA) is 21.3 Å². The van der Waals surface area contributed by atoms with E-state index in [0.29, 0.717) is 0 Å². The summed E-state index contributed by atoms with van der Waals surface area (Å²) in [5.74, 6) is 0. The minimum Gasteiger partial charge on any atom is -0.454 e. The molecule has 8 aromatic carbocycles. The average Bonchev–Trinajstić information content (AvgIpc) is 4.02. The van der Waals surface area contributed by atoms with Crippen molar-refractivity contribution in [3.05, 3.63) is 174 Å². The number of furan rings is 1. The van der Waals surface area contributed by atoms with Gasteiger partial charge in [0, 0.05) is 54.0 Å². The van der Waals surface area contributed by atoms with E-state index in [2.05, 4.69) is 202 Å². The Morgan fingerprint density at radius 2 is 1.29 bits per heavy atom. The lowest BCUT2D eigenvalue weighted by Crippen LogP contribution is -2.57. The van der Waals surface area contributed by atoms with Crippen molar-refractivity contribution in [3.63, 3.8) is 0 Å². The zero-order chi connectivity index (χ0) is 41.4. The van der Waals surface area contributed by atoms with Gasteiger partial charge in [-0.2, -0.15) is 0 Å². The molecule has 3 aromatic heterocycles. The fourth-order valence-electron chi connectivity index (χ4n) is 11.7. The van der Waals surface area contributed by atoms with Crippen molar-refractivity contribution < 1.29 is 4.42 Å². The molecule has 0 saturated heterocycles. The number of para-hydroxylation sites is 2. The molecule has 0 bridgehead atoms. The van der Waals surface area contributed by atoms with Gasteiger partial charge in [-0.05, 0) is 91.7 Å². The van der Waals surface area contributed by atoms with E-state index in [1.807, 2.05) is 11.3 Å². The van der Waals surface area contributed by atoms with E-state index in [1.54, 1.807) is 0 Å². The first-order chi connectivity index (χ1) is 30.2. The molecule has 14 rings (SSSR count). The quantitative estimate of drug-likeness (QED) is 0.162. The Morgan fingerprint density at radius 3 is 2.15 bits per heavy atom. The zero-order valence-electron chi connectivity index (χ0n) is 35.3. The summed E-state index contributed by atoms with van der Waals surface area (Å²) in [6.45, 7) is 11.6. The van der Waals surface area contributed by atoms with Crippen molar-refractivity contribution in [1.29, 1.82) is 0 Å². The lowest BCUT2D eigenvalue weighted by Gasteiger charge is -2.42. The van der Waals surface area contributed by atoms with E-state index < -0.39 is 0 Å². The van der Waals surface area contributed by atoms with Crippen LogP contribution in [-0.4, -0.2) is 11.3 Å². The smallest absolute Gasteiger partial charge is 0.333 e. The number of benzene rings is 8. The number of aromatic nitrogens is 1. The molecule has 5 heteroatoms. The van der Waals surface area contributed by atoms with Gasteiger partial charge in [-0.3, -0.25) is 0 Å². The maximum Gasteiger partial charge on any atom is 0.333 e. The van der Waals surface area contributed by atoms with Crippen LogP contribution in [0.25, 0.3) is 86.5 Å². The van der Waals surface area contributed by atoms with Gasteiger partial charge in [-0.25, -0.2) is 0 Å². The monoisotopic (exact) mass is 812 g/mol. The summed E-state index contributed by atoms with van der Waals surface area (Å²) in [6, 6.07) is 59.3. The van der Waals surface area contributed by atoms with Crippen LogP contribution in [0.1, 0.15) is 51.3 Å². The minimum absolute atomic E-state index is 0.0425. The molecule has 0 spiro atoms. The van der Waals surface area contributed by atoms with E-state index in [-0.39, 0.29) is 17.7 Å². The van der Waals surface area contributed by atoms with Crippen LogP contribution < -0.4 is 15.8 Å². The molecule has 0 radical (unpaired) electrons. The van der Waals surface area contributed by atoms with Gasteiger partial charge >= 0.3 is 6.85 Å². The second-order valence-electron chi connectivity index (χ2n) is 19.2. The highest BCUT2D eigenvalue weighted by Gasteiger charge is 2.49. The van der Waals surface area contributed by atoms with Crippen LogP contribution in [0.3, 0.4) is 0 Å². The van der Waals surface area contributed by atoms with Gasteiger partial charge in [0.15, 0.2) is 5.58 Å². The Labute approximate surface area is 364 Å². The summed E-state index contributed by atoms with van der Waals surface area (Å²) >= 11 is 1.93. The van der Waals surface area contributed by atoms with Crippen LogP contribution in [-0.2, 0) is 10.8 Å². The molecule has 0 unspecified atom stereocenters. The molecule has 0 atom stereocenters. The second kappa shape index (κ2) is 11.8. The largest absolute Gasteiger partial charge is 0.454 e. The van der Waals surface area contributed by atoms with Crippen molar-refractivity contribution in [2.75, 3.05) is 4.90 Å². The lowest BCUT2D eigenvalue weighted by atomic mass is 9.43. The highest BCUT2D eigenvalue weighted by molar-refractivity contribution is 7.27. The molecule has 2 aliphatic heterocycles. The molecule has 0 saturated carbocycles. The normalized spacial score (nSPS) is 14.6. The van der Waals surface area contributed by atoms with Gasteiger partial charge in [-0.1, -0.05) is 156 Å². The molecule has 11 aromatic rings. The Hall–Kier alpha value is -6.82. The molecule has 3 nitrogen and oxygen atoms in total. The molecule has 1 aliphatic carbocycles. The van der Waals surface area contributed by atoms with E-state index in [9.17, 15) is 0 Å². The molecule has 0 fully saturated rings. The SMILES string of the molecule is CC(C)(C)c1ccc(N2c3ccc4c(c3B3c5c(cc6c(oc7ccccc76)c52)-c2cccc5c6sc7ccccc7c6n3c25)-c2ccccc2C4(C)C)c(-c2ccccc2)c1. The summed E-state index contributed by atoms with van der Waals surface area (Å²) in [5.41, 5.74) is 22.1. The minimum atomic E-state index is -0.176. The zero-order valence-corrected chi connectivity index (χ0v) is 36.1. The first-order valence-corrected chi connectivity index (χ1v) is 22.7. The maximum absolute atomic E-state index is 7.23. The van der Waals surface area contributed by atoms with Gasteiger partial charge in [0.05, 0.1) is 21.6 Å². The fraction of sp³-hybridized carbons (Fsp3) is 0.123. The highest BCUT2D eigenvalue weighted by Crippen LogP contribution is 2.56. The van der Waals surface area contributed by atoms with E-state index in [1.165, 1.54) is 97.9 Å². The standard InChI is InChI=1S/C57H41BN2OS/c1-56(2,3)33-26-28-44(39(30-33)32-16-7-6-8-17-32)59-45-29-27-43-48(36-19-9-12-23-42(36)57(43,4)5)50(45)58-49-40(31-41-34-18-10-13-24-46(34)61-54(41)53(49)59)35-21-15-22-38-51(35)60(58)52-37-20-11-14-25-47(37)62-55(38)52/h6-31H,1-5H3. The molecular formula is C57H41BN2OS. The first kappa shape index (κ1) is 34.8. The maximum atomic E-state index is 7.23. The molecule has 294 valence electrons. The number of hydrogen-bond donors (Lipinski definition) is 0. The van der Waals surface area contributed by atoms with Gasteiger partial charge in [0.2, 0.25) is 0 Å². The number of rotatable bonds is 2. The van der Waals surface area contributed by atoms with Crippen LogP contribution in [0.5, 0.6) is 0 Å². The van der Waals surface area contributed by atoms with Crippen LogP contribution in [0.2, 0.25) is 0 Å². The highest BCUT2D eigenvalue weighted by atomic mass is 32.1. The third kappa shape index (κ3) is 4.27. The summed E-state index contributed by atoms with van der Waals surface area (Å²) in [6.07, 6.45) is 0. The number of fused-ring (bicyclic) bond motifs is 17. The number of nitrogens with zero attached hydrogens (tertiary/aromatic N) is 2. The Bertz CT molecular complexity index is 3780. The molecule has 3 aliphatic rings. The predicted octanol–water partition coefficient (Wildman–Crippen LogP) is 14.6. The molecular weight excluding hydrogens is 772 g/mol. The fourth-order valence-corrected chi connectivity index (χ4v) is 12.9. The third-order valence-corrected chi connectivity index (χ3v) is 15.7. The summed E-state index contributed by atoms with van der Waals surface area (Å²) in [4.78, 5) is 2.61. The van der Waals surface area contributed by atoms with Crippen molar-refractivity contribution in [3.8, 4) is 33.4 Å². The summed E-state index contributed by atoms with van der Waals surface area (Å²) in [7, 11) is 0. The van der Waals surface area contributed by atoms with E-state index >= 15 is 0 Å². The number of hydrogen-bond acceptors (Lipinski definition) is 3. The second-order valence-corrected chi connectivity index (χ2v) is 20.2. The van der Waals surface area contributed by atoms with Crippen molar-refractivity contribution >= 4 is 99.3 Å². The van der Waals surface area contributed by atoms with Crippen molar-refractivity contribution in [1.82, 2.24) is 4.48 Å². The molecule has 0 N–H and O–H groups in total. The van der Waals surface area contributed by atoms with E-state index in [4.69, 9.17) is 4.42 Å². The van der Waals surface area contributed by atoms with Gasteiger partial charge in [-0.15, -0.1) is 11.3 Å². The first-order valence-electron chi connectivity index (χ1n) is 21.9. The van der Waals surface area contributed by atoms with Gasteiger partial charge < -0.3 is 13.8 Å². The Balaban J connectivity index is 1.23. The Morgan fingerprint density at radius 1 is 0.565 bits per heavy atom. The Kier molecular flexibility index (Phi) is 6.61. The number of anilines is 3. The van der Waals surface area contributed by atoms with Crippen LogP contribution >= 0.6 is 11.3 Å². The molecule has 0 amide bonds. The van der Waals surface area contributed by atoms with Crippen LogP contribution in [0, 0.1) is 0 Å². The average molecular weight is 813 g/mol. The lowest BCUT2D eigenvalue weighted by molar-refractivity contribution is 0.590.